The Morgan fingerprint density at radius 2 is 1.30 bits per heavy atom. The zero-order chi connectivity index (χ0) is 18.6. The lowest BCUT2D eigenvalue weighted by Crippen LogP contribution is -2.62. The van der Waals surface area contributed by atoms with Crippen molar-refractivity contribution < 1.29 is 0 Å². The molecule has 0 aromatic heterocycles. The molecule has 27 heavy (non-hydrogen) atoms. The van der Waals surface area contributed by atoms with Crippen molar-refractivity contribution in [1.29, 1.82) is 0 Å². The fourth-order valence-corrected chi connectivity index (χ4v) is 5.51. The van der Waals surface area contributed by atoms with Gasteiger partial charge in [0.15, 0.2) is 0 Å². The molecule has 0 bridgehead atoms. The number of hydrogen-bond donors (Lipinski definition) is 0. The van der Waals surface area contributed by atoms with Crippen molar-refractivity contribution in [3.8, 4) is 0 Å². The fourth-order valence-electron chi connectivity index (χ4n) is 5.51. The van der Waals surface area contributed by atoms with Gasteiger partial charge in [0.1, 0.15) is 0 Å². The zero-order valence-electron chi connectivity index (χ0n) is 18.0. The predicted octanol–water partition coefficient (Wildman–Crippen LogP) is 1.57. The largest absolute Gasteiger partial charge is 0.306 e. The molecule has 4 fully saturated rings. The van der Waals surface area contributed by atoms with Crippen LogP contribution in [0.4, 0.5) is 0 Å². The summed E-state index contributed by atoms with van der Waals surface area (Å²) in [6, 6.07) is 0. The van der Waals surface area contributed by atoms with Crippen LogP contribution in [0, 0.1) is 17.8 Å². The molecule has 5 nitrogen and oxygen atoms in total. The zero-order valence-corrected chi connectivity index (χ0v) is 18.0. The van der Waals surface area contributed by atoms with Gasteiger partial charge in [-0.15, -0.1) is 0 Å². The third kappa shape index (κ3) is 5.45. The van der Waals surface area contributed by atoms with Crippen molar-refractivity contribution in [3.63, 3.8) is 0 Å². The van der Waals surface area contributed by atoms with E-state index in [-0.39, 0.29) is 0 Å². The van der Waals surface area contributed by atoms with Crippen LogP contribution in [0.1, 0.15) is 32.6 Å². The van der Waals surface area contributed by atoms with E-state index in [2.05, 4.69) is 38.5 Å². The Bertz CT molecular complexity index is 430. The van der Waals surface area contributed by atoms with Crippen LogP contribution in [-0.4, -0.2) is 117 Å². The first-order chi connectivity index (χ1) is 13.2. The van der Waals surface area contributed by atoms with E-state index in [0.29, 0.717) is 0 Å². The third-order valence-corrected chi connectivity index (χ3v) is 7.68. The molecule has 4 heterocycles. The van der Waals surface area contributed by atoms with Gasteiger partial charge in [-0.05, 0) is 63.7 Å². The summed E-state index contributed by atoms with van der Waals surface area (Å²) in [7, 11) is 2.27. The Kier molecular flexibility index (Phi) is 7.09. The monoisotopic (exact) mass is 377 g/mol. The van der Waals surface area contributed by atoms with E-state index in [4.69, 9.17) is 0 Å². The van der Waals surface area contributed by atoms with Crippen molar-refractivity contribution in [3.05, 3.63) is 0 Å². The summed E-state index contributed by atoms with van der Waals surface area (Å²) in [6.45, 7) is 19.5. The minimum Gasteiger partial charge on any atom is -0.306 e. The Balaban J connectivity index is 1.05. The highest BCUT2D eigenvalue weighted by molar-refractivity contribution is 4.94. The third-order valence-electron chi connectivity index (χ3n) is 7.68. The van der Waals surface area contributed by atoms with E-state index in [9.17, 15) is 0 Å². The van der Waals surface area contributed by atoms with Gasteiger partial charge in [-0.2, -0.15) is 0 Å². The van der Waals surface area contributed by atoms with Crippen molar-refractivity contribution in [2.24, 2.45) is 17.8 Å². The molecule has 0 aliphatic carbocycles. The molecule has 4 aliphatic heterocycles. The fraction of sp³-hybridized carbons (Fsp3) is 1.00. The minimum absolute atomic E-state index is 0.969. The summed E-state index contributed by atoms with van der Waals surface area (Å²) >= 11 is 0. The maximum Gasteiger partial charge on any atom is 0.0507 e. The molecular weight excluding hydrogens is 334 g/mol. The van der Waals surface area contributed by atoms with Gasteiger partial charge in [0.25, 0.3) is 0 Å². The van der Waals surface area contributed by atoms with E-state index >= 15 is 0 Å². The van der Waals surface area contributed by atoms with Crippen molar-refractivity contribution in [1.82, 2.24) is 24.5 Å². The summed E-state index contributed by atoms with van der Waals surface area (Å²) in [4.78, 5) is 13.3. The molecule has 0 aromatic carbocycles. The normalized spacial score (nSPS) is 29.1. The highest BCUT2D eigenvalue weighted by Gasteiger charge is 2.40. The van der Waals surface area contributed by atoms with E-state index < -0.39 is 0 Å². The molecule has 0 spiro atoms. The molecule has 0 N–H and O–H groups in total. The number of hydrogen-bond acceptors (Lipinski definition) is 5. The summed E-state index contributed by atoms with van der Waals surface area (Å²) < 4.78 is 0. The van der Waals surface area contributed by atoms with Crippen LogP contribution >= 0.6 is 0 Å². The van der Waals surface area contributed by atoms with Crippen molar-refractivity contribution in [2.45, 2.75) is 32.6 Å². The number of nitrogens with zero attached hydrogens (tertiary/aromatic N) is 5. The summed E-state index contributed by atoms with van der Waals surface area (Å²) in [5.41, 5.74) is 0. The molecule has 0 atom stereocenters. The lowest BCUT2D eigenvalue weighted by atomic mass is 9.80. The topological polar surface area (TPSA) is 16.2 Å². The summed E-state index contributed by atoms with van der Waals surface area (Å²) in [5, 5.41) is 0. The van der Waals surface area contributed by atoms with E-state index in [1.54, 1.807) is 0 Å². The van der Waals surface area contributed by atoms with Crippen molar-refractivity contribution >= 4 is 0 Å². The molecule has 0 amide bonds. The molecule has 0 saturated carbocycles. The van der Waals surface area contributed by atoms with Crippen LogP contribution in [0.5, 0.6) is 0 Å². The van der Waals surface area contributed by atoms with Gasteiger partial charge >= 0.3 is 0 Å². The molecule has 5 heteroatoms. The average Bonchev–Trinajstić information content (AvgIpc) is 2.62. The number of piperazine rings is 1. The molecule has 156 valence electrons. The van der Waals surface area contributed by atoms with Crippen LogP contribution in [0.25, 0.3) is 0 Å². The highest BCUT2D eigenvalue weighted by atomic mass is 15.4. The van der Waals surface area contributed by atoms with E-state index in [1.165, 1.54) is 111 Å². The van der Waals surface area contributed by atoms with E-state index in [1.807, 2.05) is 0 Å². The van der Waals surface area contributed by atoms with Crippen LogP contribution in [0.2, 0.25) is 0 Å². The maximum absolute atomic E-state index is 2.75. The Hall–Kier alpha value is -0.200. The molecule has 4 aliphatic rings. The highest BCUT2D eigenvalue weighted by Crippen LogP contribution is 2.32. The number of piperidine rings is 1. The predicted molar refractivity (Wildman–Crippen MR) is 113 cm³/mol. The van der Waals surface area contributed by atoms with Crippen LogP contribution in [-0.2, 0) is 0 Å². The van der Waals surface area contributed by atoms with Gasteiger partial charge < -0.3 is 14.7 Å². The standard InChI is InChI=1S/C22H43N5/c1-3-4-7-24-10-12-25(13-11-24)19-27-17-22(18-27)21-15-26(16-21)14-20-5-8-23(2)9-6-20/h20-22H,3-19H2,1-2H3. The molecule has 0 radical (unpaired) electrons. The Morgan fingerprint density at radius 1 is 0.704 bits per heavy atom. The molecule has 0 unspecified atom stereocenters. The van der Waals surface area contributed by atoms with Gasteiger partial charge in [0, 0.05) is 58.9 Å². The first-order valence-corrected chi connectivity index (χ1v) is 11.8. The lowest BCUT2D eigenvalue weighted by Gasteiger charge is -2.52. The quantitative estimate of drug-likeness (QED) is 0.636. The van der Waals surface area contributed by atoms with Crippen LogP contribution in [0.15, 0.2) is 0 Å². The average molecular weight is 378 g/mol. The van der Waals surface area contributed by atoms with Gasteiger partial charge in [0.05, 0.1) is 6.67 Å². The van der Waals surface area contributed by atoms with Gasteiger partial charge in [-0.3, -0.25) is 9.80 Å². The van der Waals surface area contributed by atoms with Gasteiger partial charge in [0.2, 0.25) is 0 Å². The number of likely N-dealkylation sites (tertiary alicyclic amines) is 3. The van der Waals surface area contributed by atoms with Gasteiger partial charge in [-0.25, -0.2) is 0 Å². The Morgan fingerprint density at radius 3 is 1.93 bits per heavy atom. The first kappa shape index (κ1) is 20.1. The van der Waals surface area contributed by atoms with E-state index in [0.717, 1.165) is 17.8 Å². The summed E-state index contributed by atoms with van der Waals surface area (Å²) in [6.07, 6.45) is 5.52. The molecule has 0 aromatic rings. The second kappa shape index (κ2) is 9.53. The van der Waals surface area contributed by atoms with Crippen LogP contribution in [0.3, 0.4) is 0 Å². The number of unbranched alkanes of at least 4 members (excludes halogenated alkanes) is 1. The Labute approximate surface area is 167 Å². The first-order valence-electron chi connectivity index (χ1n) is 11.8. The molecule has 4 rings (SSSR count). The summed E-state index contributed by atoms with van der Waals surface area (Å²) in [5.74, 6) is 2.96. The second-order valence-corrected chi connectivity index (χ2v) is 9.98. The van der Waals surface area contributed by atoms with Gasteiger partial charge in [-0.1, -0.05) is 13.3 Å². The van der Waals surface area contributed by atoms with Crippen molar-refractivity contribution in [2.75, 3.05) is 92.3 Å². The number of rotatable bonds is 8. The maximum atomic E-state index is 2.75. The SMILES string of the molecule is CCCCN1CCN(CN2CC(C3CN(CC4CCN(C)CC4)C3)C2)CC1. The lowest BCUT2D eigenvalue weighted by molar-refractivity contribution is -0.0534. The minimum atomic E-state index is 0.969. The second-order valence-electron chi connectivity index (χ2n) is 9.98. The smallest absolute Gasteiger partial charge is 0.0507 e. The van der Waals surface area contributed by atoms with Crippen LogP contribution < -0.4 is 0 Å². The molecule has 4 saturated heterocycles. The molecular formula is C22H43N5.